The molecular formula is C16H10ClF3N2O. The summed E-state index contributed by atoms with van der Waals surface area (Å²) in [7, 11) is 0. The van der Waals surface area contributed by atoms with Crippen LogP contribution in [-0.4, -0.2) is 10.9 Å². The molecule has 0 saturated carbocycles. The summed E-state index contributed by atoms with van der Waals surface area (Å²) in [6.45, 7) is 0. The van der Waals surface area contributed by atoms with E-state index in [0.717, 1.165) is 12.1 Å². The van der Waals surface area contributed by atoms with E-state index in [4.69, 9.17) is 11.6 Å². The van der Waals surface area contributed by atoms with Gasteiger partial charge in [0.25, 0.3) is 5.91 Å². The van der Waals surface area contributed by atoms with Crippen molar-refractivity contribution in [2.24, 2.45) is 0 Å². The van der Waals surface area contributed by atoms with Gasteiger partial charge in [-0.05, 0) is 36.4 Å². The zero-order valence-corrected chi connectivity index (χ0v) is 12.3. The zero-order valence-electron chi connectivity index (χ0n) is 11.5. The quantitative estimate of drug-likeness (QED) is 0.671. The van der Waals surface area contributed by atoms with Crippen molar-refractivity contribution in [2.75, 3.05) is 5.32 Å². The zero-order chi connectivity index (χ0) is 16.6. The smallest absolute Gasteiger partial charge is 0.360 e. The molecule has 7 heteroatoms. The van der Waals surface area contributed by atoms with Gasteiger partial charge in [0.05, 0.1) is 11.1 Å². The largest absolute Gasteiger partial charge is 0.416 e. The predicted octanol–water partition coefficient (Wildman–Crippen LogP) is 5.09. The Balaban J connectivity index is 1.83. The molecular weight excluding hydrogens is 329 g/mol. The molecule has 0 unspecified atom stereocenters. The summed E-state index contributed by atoms with van der Waals surface area (Å²) < 4.78 is 37.5. The molecule has 1 amide bonds. The maximum atomic E-state index is 12.5. The first-order chi connectivity index (χ1) is 10.8. The third kappa shape index (κ3) is 3.17. The molecule has 3 rings (SSSR count). The fourth-order valence-corrected chi connectivity index (χ4v) is 2.40. The summed E-state index contributed by atoms with van der Waals surface area (Å²) in [5.74, 6) is -0.418. The van der Waals surface area contributed by atoms with Crippen LogP contribution in [0.3, 0.4) is 0 Å². The highest BCUT2D eigenvalue weighted by Crippen LogP contribution is 2.30. The summed E-state index contributed by atoms with van der Waals surface area (Å²) in [4.78, 5) is 15.2. The number of carbonyl (C=O) groups is 1. The number of H-pyrrole nitrogens is 1. The SMILES string of the molecule is O=C(Nc1ccc(C(F)(F)F)cc1)c1c[nH]c2cc(Cl)ccc12. The fraction of sp³-hybridized carbons (Fsp3) is 0.0625. The molecule has 0 bridgehead atoms. The normalized spacial score (nSPS) is 11.7. The van der Waals surface area contributed by atoms with Crippen molar-refractivity contribution in [2.45, 2.75) is 6.18 Å². The highest BCUT2D eigenvalue weighted by molar-refractivity contribution is 6.31. The number of hydrogen-bond acceptors (Lipinski definition) is 1. The van der Waals surface area contributed by atoms with E-state index < -0.39 is 17.6 Å². The number of benzene rings is 2. The van der Waals surface area contributed by atoms with Crippen molar-refractivity contribution in [3.05, 3.63) is 64.8 Å². The lowest BCUT2D eigenvalue weighted by molar-refractivity contribution is -0.137. The molecule has 3 nitrogen and oxygen atoms in total. The summed E-state index contributed by atoms with van der Waals surface area (Å²) in [6, 6.07) is 9.32. The summed E-state index contributed by atoms with van der Waals surface area (Å²) in [5.41, 5.74) is 0.607. The molecule has 2 aromatic carbocycles. The van der Waals surface area contributed by atoms with E-state index in [0.29, 0.717) is 21.5 Å². The van der Waals surface area contributed by atoms with Crippen LogP contribution in [0.5, 0.6) is 0 Å². The van der Waals surface area contributed by atoms with Crippen LogP contribution >= 0.6 is 11.6 Å². The first-order valence-electron chi connectivity index (χ1n) is 6.60. The Bertz CT molecular complexity index is 869. The van der Waals surface area contributed by atoms with Gasteiger partial charge in [0.1, 0.15) is 0 Å². The number of aromatic amines is 1. The molecule has 2 N–H and O–H groups in total. The van der Waals surface area contributed by atoms with E-state index in [1.807, 2.05) is 0 Å². The predicted molar refractivity (Wildman–Crippen MR) is 82.7 cm³/mol. The van der Waals surface area contributed by atoms with E-state index in [9.17, 15) is 18.0 Å². The lowest BCUT2D eigenvalue weighted by Crippen LogP contribution is -2.12. The van der Waals surface area contributed by atoms with Gasteiger partial charge in [0.15, 0.2) is 0 Å². The number of alkyl halides is 3. The van der Waals surface area contributed by atoms with Crippen LogP contribution in [0, 0.1) is 0 Å². The van der Waals surface area contributed by atoms with Crippen molar-refractivity contribution in [3.63, 3.8) is 0 Å². The average molecular weight is 339 g/mol. The van der Waals surface area contributed by atoms with Crippen LogP contribution < -0.4 is 5.32 Å². The molecule has 0 saturated heterocycles. The lowest BCUT2D eigenvalue weighted by Gasteiger charge is -2.08. The molecule has 0 aliphatic rings. The minimum atomic E-state index is -4.40. The van der Waals surface area contributed by atoms with Gasteiger partial charge in [0.2, 0.25) is 0 Å². The van der Waals surface area contributed by atoms with E-state index in [-0.39, 0.29) is 5.69 Å². The molecule has 1 heterocycles. The van der Waals surface area contributed by atoms with Crippen LogP contribution in [0.1, 0.15) is 15.9 Å². The van der Waals surface area contributed by atoms with Gasteiger partial charge in [0, 0.05) is 27.8 Å². The number of halogens is 4. The average Bonchev–Trinajstić information content (AvgIpc) is 2.89. The van der Waals surface area contributed by atoms with E-state index in [1.54, 1.807) is 18.2 Å². The Labute approximate surface area is 134 Å². The molecule has 23 heavy (non-hydrogen) atoms. The number of hydrogen-bond donors (Lipinski definition) is 2. The number of fused-ring (bicyclic) bond motifs is 1. The van der Waals surface area contributed by atoms with Gasteiger partial charge in [-0.3, -0.25) is 4.79 Å². The van der Waals surface area contributed by atoms with Crippen molar-refractivity contribution >= 4 is 34.1 Å². The van der Waals surface area contributed by atoms with Gasteiger partial charge in [-0.25, -0.2) is 0 Å². The van der Waals surface area contributed by atoms with Crippen LogP contribution in [0.15, 0.2) is 48.7 Å². The van der Waals surface area contributed by atoms with Gasteiger partial charge in [-0.2, -0.15) is 13.2 Å². The van der Waals surface area contributed by atoms with Gasteiger partial charge in [-0.1, -0.05) is 17.7 Å². The van der Waals surface area contributed by atoms with Crippen molar-refractivity contribution < 1.29 is 18.0 Å². The molecule has 1 aromatic heterocycles. The Morgan fingerprint density at radius 1 is 1.09 bits per heavy atom. The van der Waals surface area contributed by atoms with Crippen LogP contribution in [0.25, 0.3) is 10.9 Å². The summed E-state index contributed by atoms with van der Waals surface area (Å²) in [6.07, 6.45) is -2.88. The lowest BCUT2D eigenvalue weighted by atomic mass is 10.1. The third-order valence-corrected chi connectivity index (χ3v) is 3.59. The first kappa shape index (κ1) is 15.4. The Morgan fingerprint density at radius 2 is 1.78 bits per heavy atom. The molecule has 0 spiro atoms. The maximum absolute atomic E-state index is 12.5. The topological polar surface area (TPSA) is 44.9 Å². The maximum Gasteiger partial charge on any atom is 0.416 e. The second kappa shape index (κ2) is 5.62. The first-order valence-corrected chi connectivity index (χ1v) is 6.97. The summed E-state index contributed by atoms with van der Waals surface area (Å²) >= 11 is 5.88. The Hall–Kier alpha value is -2.47. The van der Waals surface area contributed by atoms with Gasteiger partial charge in [-0.15, -0.1) is 0 Å². The van der Waals surface area contributed by atoms with Gasteiger partial charge >= 0.3 is 6.18 Å². The molecule has 0 atom stereocenters. The van der Waals surface area contributed by atoms with Gasteiger partial charge < -0.3 is 10.3 Å². The minimum Gasteiger partial charge on any atom is -0.360 e. The third-order valence-electron chi connectivity index (χ3n) is 3.36. The number of anilines is 1. The molecule has 0 aliphatic heterocycles. The number of carbonyl (C=O) groups excluding carboxylic acids is 1. The van der Waals surface area contributed by atoms with Crippen LogP contribution in [0.2, 0.25) is 5.02 Å². The fourth-order valence-electron chi connectivity index (χ4n) is 2.23. The molecule has 0 aliphatic carbocycles. The number of aromatic nitrogens is 1. The molecule has 118 valence electrons. The highest BCUT2D eigenvalue weighted by Gasteiger charge is 2.30. The minimum absolute atomic E-state index is 0.284. The highest BCUT2D eigenvalue weighted by atomic mass is 35.5. The summed E-state index contributed by atoms with van der Waals surface area (Å²) in [5, 5.41) is 3.79. The van der Waals surface area contributed by atoms with Crippen molar-refractivity contribution in [1.82, 2.24) is 4.98 Å². The van der Waals surface area contributed by atoms with Crippen LogP contribution in [-0.2, 0) is 6.18 Å². The number of rotatable bonds is 2. The monoisotopic (exact) mass is 338 g/mol. The molecule has 0 fully saturated rings. The van der Waals surface area contributed by atoms with Crippen molar-refractivity contribution in [1.29, 1.82) is 0 Å². The van der Waals surface area contributed by atoms with E-state index >= 15 is 0 Å². The Morgan fingerprint density at radius 3 is 2.43 bits per heavy atom. The second-order valence-corrected chi connectivity index (χ2v) is 5.36. The molecule has 3 aromatic rings. The van der Waals surface area contributed by atoms with E-state index in [2.05, 4.69) is 10.3 Å². The number of amides is 1. The standard InChI is InChI=1S/C16H10ClF3N2O/c17-10-3-6-12-13(8-21-14(12)7-10)15(23)22-11-4-1-9(2-5-11)16(18,19)20/h1-8,21H,(H,22,23). The van der Waals surface area contributed by atoms with E-state index in [1.165, 1.54) is 18.3 Å². The second-order valence-electron chi connectivity index (χ2n) is 4.92. The number of nitrogens with one attached hydrogen (secondary N) is 2. The van der Waals surface area contributed by atoms with Crippen molar-refractivity contribution in [3.8, 4) is 0 Å². The Kier molecular flexibility index (Phi) is 3.77. The van der Waals surface area contributed by atoms with Crippen LogP contribution in [0.4, 0.5) is 18.9 Å². The molecule has 0 radical (unpaired) electrons.